The summed E-state index contributed by atoms with van der Waals surface area (Å²) in [7, 11) is 0. The van der Waals surface area contributed by atoms with Crippen LogP contribution in [0.5, 0.6) is 11.6 Å². The van der Waals surface area contributed by atoms with Crippen LogP contribution in [0.15, 0.2) is 42.9 Å². The van der Waals surface area contributed by atoms with Crippen LogP contribution < -0.4 is 10.1 Å². The summed E-state index contributed by atoms with van der Waals surface area (Å²) >= 11 is 0. The van der Waals surface area contributed by atoms with E-state index in [1.807, 2.05) is 16.8 Å². The highest BCUT2D eigenvalue weighted by molar-refractivity contribution is 5.55. The number of nitrogens with zero attached hydrogens (tertiary/aromatic N) is 3. The summed E-state index contributed by atoms with van der Waals surface area (Å²) in [5, 5.41) is 3.20. The highest BCUT2D eigenvalue weighted by Crippen LogP contribution is 2.25. The lowest BCUT2D eigenvalue weighted by Gasteiger charge is -2.09. The van der Waals surface area contributed by atoms with Gasteiger partial charge in [0.15, 0.2) is 0 Å². The van der Waals surface area contributed by atoms with Crippen molar-refractivity contribution in [1.29, 1.82) is 0 Å². The Bertz CT molecular complexity index is 756. The Hall–Kier alpha value is -2.63. The molecule has 0 atom stereocenters. The number of nitrogens with one attached hydrogen (secondary N) is 1. The first-order valence-corrected chi connectivity index (χ1v) is 6.77. The van der Waals surface area contributed by atoms with Gasteiger partial charge in [-0.3, -0.25) is 4.40 Å². The van der Waals surface area contributed by atoms with Gasteiger partial charge in [-0.05, 0) is 18.6 Å². The lowest BCUT2D eigenvalue weighted by molar-refractivity contribution is 0.460. The van der Waals surface area contributed by atoms with Crippen LogP contribution in [0, 0.1) is 5.82 Å². The van der Waals surface area contributed by atoms with Crippen LogP contribution in [0.4, 0.5) is 10.2 Å². The van der Waals surface area contributed by atoms with Gasteiger partial charge in [-0.15, -0.1) is 0 Å². The molecule has 2 heterocycles. The lowest BCUT2D eigenvalue weighted by atomic mass is 10.3. The minimum Gasteiger partial charge on any atom is -0.436 e. The van der Waals surface area contributed by atoms with Crippen molar-refractivity contribution in [1.82, 2.24) is 14.4 Å². The van der Waals surface area contributed by atoms with Crippen molar-refractivity contribution in [3.8, 4) is 11.6 Å². The van der Waals surface area contributed by atoms with Crippen molar-refractivity contribution in [2.24, 2.45) is 0 Å². The third-order valence-electron chi connectivity index (χ3n) is 2.91. The van der Waals surface area contributed by atoms with Crippen molar-refractivity contribution < 1.29 is 9.13 Å². The molecule has 3 aromatic rings. The van der Waals surface area contributed by atoms with Gasteiger partial charge in [-0.1, -0.05) is 13.0 Å². The second-order valence-corrected chi connectivity index (χ2v) is 4.58. The number of hydrogen-bond donors (Lipinski definition) is 1. The molecule has 0 aliphatic carbocycles. The van der Waals surface area contributed by atoms with E-state index in [4.69, 9.17) is 4.74 Å². The Morgan fingerprint density at radius 1 is 1.38 bits per heavy atom. The van der Waals surface area contributed by atoms with E-state index in [1.54, 1.807) is 18.3 Å². The highest BCUT2D eigenvalue weighted by Gasteiger charge is 2.10. The zero-order valence-electron chi connectivity index (χ0n) is 11.6. The number of hydrogen-bond acceptors (Lipinski definition) is 4. The molecule has 1 N–H and O–H groups in total. The summed E-state index contributed by atoms with van der Waals surface area (Å²) in [6.07, 6.45) is 6.31. The van der Waals surface area contributed by atoms with Gasteiger partial charge in [0.1, 0.15) is 17.4 Å². The number of imidazole rings is 1. The molecule has 6 heteroatoms. The smallest absolute Gasteiger partial charge is 0.265 e. The fourth-order valence-corrected chi connectivity index (χ4v) is 1.95. The van der Waals surface area contributed by atoms with Crippen molar-refractivity contribution in [3.63, 3.8) is 0 Å². The number of halogens is 1. The van der Waals surface area contributed by atoms with Crippen molar-refractivity contribution >= 4 is 11.5 Å². The largest absolute Gasteiger partial charge is 0.436 e. The minimum absolute atomic E-state index is 0.340. The van der Waals surface area contributed by atoms with Crippen LogP contribution in [-0.2, 0) is 0 Å². The Kier molecular flexibility index (Phi) is 3.68. The van der Waals surface area contributed by atoms with Gasteiger partial charge in [-0.25, -0.2) is 9.37 Å². The van der Waals surface area contributed by atoms with E-state index >= 15 is 0 Å². The van der Waals surface area contributed by atoms with Crippen LogP contribution >= 0.6 is 0 Å². The van der Waals surface area contributed by atoms with Gasteiger partial charge < -0.3 is 10.1 Å². The number of anilines is 1. The standard InChI is InChI=1S/C15H15FN4O/c1-2-6-17-13-10-20-8-7-18-14(20)15(19-13)21-12-5-3-4-11(16)9-12/h3-5,7-10,17H,2,6H2,1H3. The number of aromatic nitrogens is 3. The summed E-state index contributed by atoms with van der Waals surface area (Å²) in [4.78, 5) is 8.61. The molecule has 0 spiro atoms. The molecule has 2 aromatic heterocycles. The molecule has 5 nitrogen and oxygen atoms in total. The normalized spacial score (nSPS) is 10.8. The fraction of sp³-hybridized carbons (Fsp3) is 0.200. The van der Waals surface area contributed by atoms with Crippen LogP contribution in [-0.4, -0.2) is 20.9 Å². The Morgan fingerprint density at radius 3 is 3.10 bits per heavy atom. The fourth-order valence-electron chi connectivity index (χ4n) is 1.95. The van der Waals surface area contributed by atoms with E-state index in [2.05, 4.69) is 22.2 Å². The molecule has 0 fully saturated rings. The van der Waals surface area contributed by atoms with E-state index in [9.17, 15) is 4.39 Å². The van der Waals surface area contributed by atoms with Gasteiger partial charge >= 0.3 is 0 Å². The second kappa shape index (κ2) is 5.78. The first-order chi connectivity index (χ1) is 10.3. The molecule has 21 heavy (non-hydrogen) atoms. The molecule has 0 bridgehead atoms. The number of fused-ring (bicyclic) bond motifs is 1. The summed E-state index contributed by atoms with van der Waals surface area (Å²) in [5.41, 5.74) is 0.585. The number of rotatable bonds is 5. The van der Waals surface area contributed by atoms with E-state index in [0.29, 0.717) is 23.1 Å². The quantitative estimate of drug-likeness (QED) is 0.780. The molecular formula is C15H15FN4O. The maximum Gasteiger partial charge on any atom is 0.265 e. The van der Waals surface area contributed by atoms with Crippen LogP contribution in [0.25, 0.3) is 5.65 Å². The zero-order valence-corrected chi connectivity index (χ0v) is 11.6. The second-order valence-electron chi connectivity index (χ2n) is 4.58. The topological polar surface area (TPSA) is 51.5 Å². The Balaban J connectivity index is 1.97. The first kappa shape index (κ1) is 13.4. The average molecular weight is 286 g/mol. The average Bonchev–Trinajstić information content (AvgIpc) is 2.94. The monoisotopic (exact) mass is 286 g/mol. The zero-order chi connectivity index (χ0) is 14.7. The Morgan fingerprint density at radius 2 is 2.29 bits per heavy atom. The molecule has 1 aromatic carbocycles. The predicted molar refractivity (Wildman–Crippen MR) is 78.2 cm³/mol. The number of ether oxygens (including phenoxy) is 1. The Labute approximate surface area is 121 Å². The van der Waals surface area contributed by atoms with Gasteiger partial charge in [0, 0.05) is 25.0 Å². The third kappa shape index (κ3) is 2.94. The van der Waals surface area contributed by atoms with E-state index in [0.717, 1.165) is 13.0 Å². The molecule has 0 saturated heterocycles. The molecule has 108 valence electrons. The van der Waals surface area contributed by atoms with E-state index in [1.165, 1.54) is 12.1 Å². The van der Waals surface area contributed by atoms with Crippen molar-refractivity contribution in [3.05, 3.63) is 48.7 Å². The molecule has 0 radical (unpaired) electrons. The summed E-state index contributed by atoms with van der Waals surface area (Å²) in [5.74, 6) is 1.06. The SMILES string of the molecule is CCCNc1cn2ccnc2c(Oc2cccc(F)c2)n1. The van der Waals surface area contributed by atoms with Gasteiger partial charge in [-0.2, -0.15) is 4.98 Å². The summed E-state index contributed by atoms with van der Waals surface area (Å²) < 4.78 is 20.7. The van der Waals surface area contributed by atoms with Gasteiger partial charge in [0.25, 0.3) is 5.88 Å². The molecular weight excluding hydrogens is 271 g/mol. The summed E-state index contributed by atoms with van der Waals surface area (Å²) in [6.45, 7) is 2.89. The maximum atomic E-state index is 13.2. The van der Waals surface area contributed by atoms with Gasteiger partial charge in [0.2, 0.25) is 5.65 Å². The van der Waals surface area contributed by atoms with Crippen molar-refractivity contribution in [2.75, 3.05) is 11.9 Å². The minimum atomic E-state index is -0.355. The molecule has 0 unspecified atom stereocenters. The molecule has 0 amide bonds. The maximum absolute atomic E-state index is 13.2. The summed E-state index contributed by atoms with van der Waals surface area (Å²) in [6, 6.07) is 5.95. The van der Waals surface area contributed by atoms with Crippen LogP contribution in [0.1, 0.15) is 13.3 Å². The molecule has 0 aliphatic heterocycles. The van der Waals surface area contributed by atoms with E-state index < -0.39 is 0 Å². The molecule has 3 rings (SSSR count). The lowest BCUT2D eigenvalue weighted by Crippen LogP contribution is -2.05. The highest BCUT2D eigenvalue weighted by atomic mass is 19.1. The van der Waals surface area contributed by atoms with Gasteiger partial charge in [0.05, 0.1) is 6.20 Å². The van der Waals surface area contributed by atoms with Crippen LogP contribution in [0.2, 0.25) is 0 Å². The molecule has 0 aliphatic rings. The van der Waals surface area contributed by atoms with Crippen LogP contribution in [0.3, 0.4) is 0 Å². The van der Waals surface area contributed by atoms with Crippen molar-refractivity contribution in [2.45, 2.75) is 13.3 Å². The molecule has 0 saturated carbocycles. The first-order valence-electron chi connectivity index (χ1n) is 6.77. The van der Waals surface area contributed by atoms with E-state index in [-0.39, 0.29) is 5.82 Å². The predicted octanol–water partition coefficient (Wildman–Crippen LogP) is 3.48. The third-order valence-corrected chi connectivity index (χ3v) is 2.91. The number of benzene rings is 1.